The number of nitrogens with zero attached hydrogens (tertiary/aromatic N) is 2. The van der Waals surface area contributed by atoms with Gasteiger partial charge in [0.2, 0.25) is 0 Å². The van der Waals surface area contributed by atoms with E-state index < -0.39 is 0 Å². The zero-order chi connectivity index (χ0) is 10.7. The lowest BCUT2D eigenvalue weighted by molar-refractivity contribution is 0.374. The first kappa shape index (κ1) is 16.2. The average Bonchev–Trinajstić information content (AvgIpc) is 2.30. The molecule has 1 aliphatic rings. The number of aryl methyl sites for hydroxylation is 1. The fraction of sp³-hybridized carbons (Fsp3) is 0.500. The molecular formula is C12H17Cl2N3. The van der Waals surface area contributed by atoms with E-state index in [0.717, 1.165) is 37.3 Å². The van der Waals surface area contributed by atoms with E-state index in [1.54, 1.807) is 0 Å². The van der Waals surface area contributed by atoms with Gasteiger partial charge in [0.15, 0.2) is 0 Å². The Bertz CT molecular complexity index is 395. The van der Waals surface area contributed by atoms with E-state index in [1.807, 2.05) is 25.1 Å². The number of nitriles is 1. The van der Waals surface area contributed by atoms with Gasteiger partial charge in [-0.05, 0) is 45.0 Å². The molecule has 1 fully saturated rings. The fourth-order valence-corrected chi connectivity index (χ4v) is 2.09. The van der Waals surface area contributed by atoms with Crippen LogP contribution in [0, 0.1) is 18.3 Å². The number of nitrogens with one attached hydrogen (secondary N) is 1. The largest absolute Gasteiger partial charge is 0.317 e. The van der Waals surface area contributed by atoms with Crippen molar-refractivity contribution < 1.29 is 0 Å². The van der Waals surface area contributed by atoms with Crippen molar-refractivity contribution in [3.8, 4) is 6.07 Å². The molecule has 0 amide bonds. The smallest absolute Gasteiger partial charge is 0.102 e. The van der Waals surface area contributed by atoms with E-state index in [2.05, 4.69) is 16.4 Å². The Morgan fingerprint density at radius 3 is 2.47 bits per heavy atom. The van der Waals surface area contributed by atoms with Crippen LogP contribution in [-0.4, -0.2) is 18.1 Å². The number of hydrogen-bond donors (Lipinski definition) is 1. The molecular weight excluding hydrogens is 257 g/mol. The predicted molar refractivity (Wildman–Crippen MR) is 72.9 cm³/mol. The van der Waals surface area contributed by atoms with Crippen LogP contribution >= 0.6 is 24.8 Å². The summed E-state index contributed by atoms with van der Waals surface area (Å²) in [6, 6.07) is 8.38. The van der Waals surface area contributed by atoms with Crippen molar-refractivity contribution in [1.29, 1.82) is 5.26 Å². The van der Waals surface area contributed by atoms with E-state index in [-0.39, 0.29) is 30.2 Å². The van der Waals surface area contributed by atoms with Gasteiger partial charge in [-0.25, -0.2) is 0 Å². The zero-order valence-electron chi connectivity index (χ0n) is 9.77. The van der Waals surface area contributed by atoms with Crippen molar-refractivity contribution in [2.75, 3.05) is 13.1 Å². The minimum atomic E-state index is -0.364. The van der Waals surface area contributed by atoms with Gasteiger partial charge < -0.3 is 5.32 Å². The lowest BCUT2D eigenvalue weighted by Gasteiger charge is -2.30. The maximum Gasteiger partial charge on any atom is 0.102 e. The maximum atomic E-state index is 9.37. The molecule has 0 atom stereocenters. The highest BCUT2D eigenvalue weighted by Crippen LogP contribution is 2.31. The number of halogens is 2. The van der Waals surface area contributed by atoms with Crippen LogP contribution in [0.15, 0.2) is 18.2 Å². The van der Waals surface area contributed by atoms with Crippen LogP contribution in [-0.2, 0) is 5.41 Å². The fourth-order valence-electron chi connectivity index (χ4n) is 2.09. The molecule has 2 rings (SSSR count). The van der Waals surface area contributed by atoms with E-state index in [9.17, 15) is 5.26 Å². The van der Waals surface area contributed by atoms with Gasteiger partial charge in [-0.2, -0.15) is 5.26 Å². The van der Waals surface area contributed by atoms with Crippen LogP contribution in [0.2, 0.25) is 0 Å². The number of piperidine rings is 1. The SMILES string of the molecule is Cc1cccc(C2(C#N)CCNCC2)n1.Cl.Cl. The maximum absolute atomic E-state index is 9.37. The lowest BCUT2D eigenvalue weighted by atomic mass is 9.77. The quantitative estimate of drug-likeness (QED) is 0.855. The molecule has 0 aromatic carbocycles. The molecule has 17 heavy (non-hydrogen) atoms. The Balaban J connectivity index is 0.00000128. The van der Waals surface area contributed by atoms with Crippen LogP contribution < -0.4 is 5.32 Å². The first-order valence-electron chi connectivity index (χ1n) is 5.33. The van der Waals surface area contributed by atoms with Gasteiger partial charge >= 0.3 is 0 Å². The summed E-state index contributed by atoms with van der Waals surface area (Å²) in [6.45, 7) is 3.78. The van der Waals surface area contributed by atoms with Gasteiger partial charge in [0, 0.05) is 5.69 Å². The van der Waals surface area contributed by atoms with Crippen molar-refractivity contribution in [3.05, 3.63) is 29.6 Å². The highest BCUT2D eigenvalue weighted by molar-refractivity contribution is 5.85. The summed E-state index contributed by atoms with van der Waals surface area (Å²) < 4.78 is 0. The molecule has 0 bridgehead atoms. The van der Waals surface area contributed by atoms with Gasteiger partial charge in [-0.15, -0.1) is 24.8 Å². The number of rotatable bonds is 1. The third-order valence-corrected chi connectivity index (χ3v) is 3.05. The van der Waals surface area contributed by atoms with Crippen LogP contribution in [0.5, 0.6) is 0 Å². The van der Waals surface area contributed by atoms with Crippen LogP contribution in [0.4, 0.5) is 0 Å². The van der Waals surface area contributed by atoms with E-state index in [1.165, 1.54) is 0 Å². The summed E-state index contributed by atoms with van der Waals surface area (Å²) >= 11 is 0. The van der Waals surface area contributed by atoms with Crippen molar-refractivity contribution in [2.24, 2.45) is 0 Å². The van der Waals surface area contributed by atoms with Crippen molar-refractivity contribution >= 4 is 24.8 Å². The van der Waals surface area contributed by atoms with E-state index in [4.69, 9.17) is 0 Å². The van der Waals surface area contributed by atoms with E-state index in [0.29, 0.717) is 0 Å². The predicted octanol–water partition coefficient (Wildman–Crippen LogP) is 2.38. The second-order valence-electron chi connectivity index (χ2n) is 4.11. The van der Waals surface area contributed by atoms with Gasteiger partial charge in [0.25, 0.3) is 0 Å². The highest BCUT2D eigenvalue weighted by atomic mass is 35.5. The normalized spacial score (nSPS) is 17.2. The Kier molecular flexibility index (Phi) is 6.48. The second-order valence-corrected chi connectivity index (χ2v) is 4.11. The topological polar surface area (TPSA) is 48.7 Å². The number of hydrogen-bond acceptors (Lipinski definition) is 3. The van der Waals surface area contributed by atoms with E-state index >= 15 is 0 Å². The first-order valence-corrected chi connectivity index (χ1v) is 5.33. The summed E-state index contributed by atoms with van der Waals surface area (Å²) in [4.78, 5) is 4.49. The van der Waals surface area contributed by atoms with Gasteiger partial charge in [0.05, 0.1) is 11.8 Å². The molecule has 3 nitrogen and oxygen atoms in total. The Morgan fingerprint density at radius 2 is 1.94 bits per heavy atom. The second kappa shape index (κ2) is 6.80. The Labute approximate surface area is 114 Å². The van der Waals surface area contributed by atoms with Gasteiger partial charge in [-0.3, -0.25) is 4.98 Å². The highest BCUT2D eigenvalue weighted by Gasteiger charge is 2.35. The summed E-state index contributed by atoms with van der Waals surface area (Å²) in [5.74, 6) is 0. The third kappa shape index (κ3) is 3.32. The van der Waals surface area contributed by atoms with Gasteiger partial charge in [0.1, 0.15) is 5.41 Å². The molecule has 0 radical (unpaired) electrons. The lowest BCUT2D eigenvalue weighted by Crippen LogP contribution is -2.39. The Hall–Kier alpha value is -0.820. The minimum absolute atomic E-state index is 0. The summed E-state index contributed by atoms with van der Waals surface area (Å²) in [5.41, 5.74) is 1.56. The molecule has 0 unspecified atom stereocenters. The van der Waals surface area contributed by atoms with Crippen molar-refractivity contribution in [3.63, 3.8) is 0 Å². The van der Waals surface area contributed by atoms with Crippen molar-refractivity contribution in [2.45, 2.75) is 25.2 Å². The summed E-state index contributed by atoms with van der Waals surface area (Å²) in [7, 11) is 0. The minimum Gasteiger partial charge on any atom is -0.317 e. The summed E-state index contributed by atoms with van der Waals surface area (Å²) in [5, 5.41) is 12.6. The standard InChI is InChI=1S/C12H15N3.2ClH/c1-10-3-2-4-11(15-10)12(9-13)5-7-14-8-6-12;;/h2-4,14H,5-8H2,1H3;2*1H. The monoisotopic (exact) mass is 273 g/mol. The summed E-state index contributed by atoms with van der Waals surface area (Å²) in [6.07, 6.45) is 1.72. The number of aromatic nitrogens is 1. The Morgan fingerprint density at radius 1 is 1.29 bits per heavy atom. The zero-order valence-corrected chi connectivity index (χ0v) is 11.4. The van der Waals surface area contributed by atoms with Crippen LogP contribution in [0.25, 0.3) is 0 Å². The molecule has 0 spiro atoms. The first-order chi connectivity index (χ1) is 7.27. The molecule has 1 aromatic rings. The van der Waals surface area contributed by atoms with Gasteiger partial charge in [-0.1, -0.05) is 6.07 Å². The molecule has 1 aromatic heterocycles. The van der Waals surface area contributed by atoms with Crippen LogP contribution in [0.1, 0.15) is 24.2 Å². The average molecular weight is 274 g/mol. The molecule has 1 N–H and O–H groups in total. The molecule has 1 saturated heterocycles. The molecule has 5 heteroatoms. The molecule has 0 aliphatic carbocycles. The van der Waals surface area contributed by atoms with Crippen molar-refractivity contribution in [1.82, 2.24) is 10.3 Å². The molecule has 1 aliphatic heterocycles. The third-order valence-electron chi connectivity index (χ3n) is 3.05. The number of pyridine rings is 1. The molecule has 2 heterocycles. The molecule has 94 valence electrons. The van der Waals surface area contributed by atoms with Crippen LogP contribution in [0.3, 0.4) is 0 Å². The molecule has 0 saturated carbocycles.